The second-order valence-corrected chi connectivity index (χ2v) is 8.31. The number of aliphatic carboxylic acids is 1. The molecule has 1 amide bonds. The normalized spacial score (nSPS) is 24.3. The van der Waals surface area contributed by atoms with Gasteiger partial charge < -0.3 is 15.2 Å². The number of nitrogens with one attached hydrogen (secondary N) is 1. The molecule has 3 aliphatic carbocycles. The Morgan fingerprint density at radius 1 is 1.11 bits per heavy atom. The molecule has 0 saturated heterocycles. The van der Waals surface area contributed by atoms with Crippen LogP contribution >= 0.6 is 0 Å². The van der Waals surface area contributed by atoms with E-state index < -0.39 is 5.97 Å². The molecule has 6 nitrogen and oxygen atoms in total. The third kappa shape index (κ3) is 5.01. The van der Waals surface area contributed by atoms with Crippen molar-refractivity contribution in [3.8, 4) is 5.75 Å². The molecule has 0 aliphatic heterocycles. The van der Waals surface area contributed by atoms with E-state index in [-0.39, 0.29) is 24.5 Å². The number of carbonyl (C=O) groups excluding carboxylic acids is 1. The van der Waals surface area contributed by atoms with E-state index in [1.54, 1.807) is 6.07 Å². The maximum absolute atomic E-state index is 12.7. The van der Waals surface area contributed by atoms with Crippen LogP contribution in [0.15, 0.2) is 24.3 Å². The van der Waals surface area contributed by atoms with E-state index in [9.17, 15) is 9.59 Å². The zero-order valence-electron chi connectivity index (χ0n) is 15.6. The fraction of sp³-hybridized carbons (Fsp3) is 0.619. The summed E-state index contributed by atoms with van der Waals surface area (Å²) < 4.78 is 5.83. The number of hydrogen-bond acceptors (Lipinski definition) is 4. The minimum absolute atomic E-state index is 0.0969. The Hall–Kier alpha value is -2.08. The number of carboxylic acid groups (broad SMARTS) is 1. The average Bonchev–Trinajstić information content (AvgIpc) is 3.50. The molecule has 146 valence electrons. The van der Waals surface area contributed by atoms with Gasteiger partial charge >= 0.3 is 5.97 Å². The van der Waals surface area contributed by atoms with Gasteiger partial charge in [-0.15, -0.1) is 0 Å². The largest absolute Gasteiger partial charge is 0.492 e. The van der Waals surface area contributed by atoms with Crippen molar-refractivity contribution in [1.82, 2.24) is 10.2 Å². The topological polar surface area (TPSA) is 78.9 Å². The van der Waals surface area contributed by atoms with Crippen LogP contribution in [0.25, 0.3) is 0 Å². The van der Waals surface area contributed by atoms with Crippen LogP contribution in [-0.2, 0) is 4.79 Å². The number of para-hydroxylation sites is 1. The fourth-order valence-electron chi connectivity index (χ4n) is 3.69. The summed E-state index contributed by atoms with van der Waals surface area (Å²) in [4.78, 5) is 25.9. The third-order valence-corrected chi connectivity index (χ3v) is 5.80. The van der Waals surface area contributed by atoms with Crippen molar-refractivity contribution in [2.45, 2.75) is 50.6 Å². The lowest BCUT2D eigenvalue weighted by Gasteiger charge is -2.42. The molecule has 1 aromatic rings. The highest BCUT2D eigenvalue weighted by atomic mass is 16.5. The van der Waals surface area contributed by atoms with Crippen molar-refractivity contribution in [1.29, 1.82) is 0 Å². The van der Waals surface area contributed by atoms with Crippen molar-refractivity contribution in [2.75, 3.05) is 19.7 Å². The van der Waals surface area contributed by atoms with Crippen LogP contribution in [-0.4, -0.2) is 53.7 Å². The number of amides is 1. The Morgan fingerprint density at radius 3 is 2.48 bits per heavy atom. The van der Waals surface area contributed by atoms with E-state index in [2.05, 4.69) is 10.2 Å². The van der Waals surface area contributed by atoms with Gasteiger partial charge in [-0.3, -0.25) is 14.5 Å². The zero-order chi connectivity index (χ0) is 18.8. The predicted molar refractivity (Wildman–Crippen MR) is 101 cm³/mol. The Bertz CT molecular complexity index is 693. The maximum Gasteiger partial charge on any atom is 0.317 e. The van der Waals surface area contributed by atoms with Crippen molar-refractivity contribution >= 4 is 11.9 Å². The van der Waals surface area contributed by atoms with Gasteiger partial charge in [0.2, 0.25) is 0 Å². The van der Waals surface area contributed by atoms with Gasteiger partial charge in [0.1, 0.15) is 5.75 Å². The van der Waals surface area contributed by atoms with Gasteiger partial charge in [-0.05, 0) is 62.5 Å². The Kier molecular flexibility index (Phi) is 5.34. The van der Waals surface area contributed by atoms with Crippen LogP contribution in [0.4, 0.5) is 0 Å². The first-order chi connectivity index (χ1) is 13.1. The molecule has 3 aliphatic rings. The average molecular weight is 372 g/mol. The minimum atomic E-state index is -0.773. The molecule has 3 saturated carbocycles. The molecule has 0 heterocycles. The van der Waals surface area contributed by atoms with E-state index in [4.69, 9.17) is 9.84 Å². The molecule has 6 heteroatoms. The van der Waals surface area contributed by atoms with Crippen molar-refractivity contribution in [3.05, 3.63) is 29.8 Å². The van der Waals surface area contributed by atoms with Gasteiger partial charge in [-0.25, -0.2) is 0 Å². The van der Waals surface area contributed by atoms with E-state index in [0.29, 0.717) is 29.8 Å². The first-order valence-electron chi connectivity index (χ1n) is 10.1. The SMILES string of the molecule is O=C(O)CN(CC1CC1)C1CC(NC(=O)c2ccccc2OCC2CC2)C1. The third-order valence-electron chi connectivity index (χ3n) is 5.80. The van der Waals surface area contributed by atoms with Crippen LogP contribution in [0.2, 0.25) is 0 Å². The molecule has 2 N–H and O–H groups in total. The van der Waals surface area contributed by atoms with Gasteiger partial charge in [0.15, 0.2) is 0 Å². The number of benzene rings is 1. The molecule has 1 aromatic carbocycles. The monoisotopic (exact) mass is 372 g/mol. The molecule has 0 spiro atoms. The number of ether oxygens (including phenoxy) is 1. The highest BCUT2D eigenvalue weighted by Crippen LogP contribution is 2.34. The van der Waals surface area contributed by atoms with Gasteiger partial charge in [0.25, 0.3) is 5.91 Å². The van der Waals surface area contributed by atoms with Crippen LogP contribution in [0.3, 0.4) is 0 Å². The zero-order valence-corrected chi connectivity index (χ0v) is 15.6. The summed E-state index contributed by atoms with van der Waals surface area (Å²) in [6.07, 6.45) is 6.48. The van der Waals surface area contributed by atoms with Gasteiger partial charge in [0, 0.05) is 18.6 Å². The molecule has 27 heavy (non-hydrogen) atoms. The molecular formula is C21H28N2O4. The fourth-order valence-corrected chi connectivity index (χ4v) is 3.69. The number of carboxylic acids is 1. The first kappa shape index (κ1) is 18.3. The molecule has 0 radical (unpaired) electrons. The number of carbonyl (C=O) groups is 2. The lowest BCUT2D eigenvalue weighted by molar-refractivity contribution is -0.139. The summed E-state index contributed by atoms with van der Waals surface area (Å²) in [5, 5.41) is 12.2. The van der Waals surface area contributed by atoms with Crippen LogP contribution < -0.4 is 10.1 Å². The van der Waals surface area contributed by atoms with Gasteiger partial charge in [0.05, 0.1) is 18.7 Å². The van der Waals surface area contributed by atoms with E-state index in [1.165, 1.54) is 25.7 Å². The Labute approximate surface area is 159 Å². The Balaban J connectivity index is 1.28. The first-order valence-corrected chi connectivity index (χ1v) is 10.1. The summed E-state index contributed by atoms with van der Waals surface area (Å²) in [5.41, 5.74) is 0.585. The van der Waals surface area contributed by atoms with Crippen molar-refractivity contribution < 1.29 is 19.4 Å². The standard InChI is InChI=1S/C21H28N2O4/c24-20(25)12-23(11-14-5-6-14)17-9-16(10-17)22-21(26)18-3-1-2-4-19(18)27-13-15-7-8-15/h1-4,14-17H,5-13H2,(H,22,26)(H,24,25). The summed E-state index contributed by atoms with van der Waals surface area (Å²) in [6.45, 7) is 1.65. The molecule has 0 bridgehead atoms. The molecule has 4 rings (SSSR count). The minimum Gasteiger partial charge on any atom is -0.492 e. The second kappa shape index (κ2) is 7.89. The van der Waals surface area contributed by atoms with Crippen LogP contribution in [0.1, 0.15) is 48.9 Å². The van der Waals surface area contributed by atoms with E-state index in [1.807, 2.05) is 18.2 Å². The molecule has 0 atom stereocenters. The highest BCUT2D eigenvalue weighted by Gasteiger charge is 2.38. The molecular weight excluding hydrogens is 344 g/mol. The molecule has 3 fully saturated rings. The second-order valence-electron chi connectivity index (χ2n) is 8.31. The summed E-state index contributed by atoms with van der Waals surface area (Å²) in [5.74, 6) is 1.08. The number of hydrogen-bond donors (Lipinski definition) is 2. The van der Waals surface area contributed by atoms with Crippen molar-refractivity contribution in [2.24, 2.45) is 11.8 Å². The lowest BCUT2D eigenvalue weighted by atomic mass is 9.85. The maximum atomic E-state index is 12.7. The Morgan fingerprint density at radius 2 is 1.81 bits per heavy atom. The van der Waals surface area contributed by atoms with Gasteiger partial charge in [-0.1, -0.05) is 12.1 Å². The van der Waals surface area contributed by atoms with Crippen LogP contribution in [0, 0.1) is 11.8 Å². The summed E-state index contributed by atoms with van der Waals surface area (Å²) in [6, 6.07) is 7.76. The van der Waals surface area contributed by atoms with Crippen LogP contribution in [0.5, 0.6) is 5.75 Å². The van der Waals surface area contributed by atoms with Crippen molar-refractivity contribution in [3.63, 3.8) is 0 Å². The lowest BCUT2D eigenvalue weighted by Crippen LogP contribution is -2.55. The summed E-state index contributed by atoms with van der Waals surface area (Å²) in [7, 11) is 0. The molecule has 0 unspecified atom stereocenters. The van der Waals surface area contributed by atoms with Gasteiger partial charge in [-0.2, -0.15) is 0 Å². The highest BCUT2D eigenvalue weighted by molar-refractivity contribution is 5.97. The predicted octanol–water partition coefficient (Wildman–Crippen LogP) is 2.53. The number of nitrogens with zero attached hydrogens (tertiary/aromatic N) is 1. The quantitative estimate of drug-likeness (QED) is 0.660. The number of rotatable bonds is 10. The van der Waals surface area contributed by atoms with E-state index in [0.717, 1.165) is 19.4 Å². The molecule has 0 aromatic heterocycles. The smallest absolute Gasteiger partial charge is 0.317 e. The van der Waals surface area contributed by atoms with E-state index >= 15 is 0 Å². The summed E-state index contributed by atoms with van der Waals surface area (Å²) >= 11 is 0.